The standard InChI is InChI=1S/C21H39N3O6/c1-19(2,3)28-16(25)14-24(18(27)30-21(7,8)9)23-11-10-15(13-23)12-22-17(26)29-20(4,5)6/h15H,10-14H2,1-9H3,(H,22,26). The summed E-state index contributed by atoms with van der Waals surface area (Å²) in [4.78, 5) is 37.0. The third-order valence-electron chi connectivity index (χ3n) is 3.84. The van der Waals surface area contributed by atoms with Gasteiger partial charge in [-0.1, -0.05) is 0 Å². The van der Waals surface area contributed by atoms with Crippen molar-refractivity contribution in [1.29, 1.82) is 0 Å². The predicted octanol–water partition coefficient (Wildman–Crippen LogP) is 3.33. The Hall–Kier alpha value is -2.03. The molecule has 1 fully saturated rings. The van der Waals surface area contributed by atoms with Crippen LogP contribution in [0.25, 0.3) is 0 Å². The summed E-state index contributed by atoms with van der Waals surface area (Å²) in [5.41, 5.74) is -1.91. The lowest BCUT2D eigenvalue weighted by Crippen LogP contribution is -2.50. The number of hydrogen-bond acceptors (Lipinski definition) is 7. The number of rotatable bonds is 5. The van der Waals surface area contributed by atoms with Gasteiger partial charge in [-0.2, -0.15) is 0 Å². The largest absolute Gasteiger partial charge is 0.459 e. The number of nitrogens with zero attached hydrogens (tertiary/aromatic N) is 2. The topological polar surface area (TPSA) is 97.4 Å². The van der Waals surface area contributed by atoms with E-state index < -0.39 is 35.0 Å². The van der Waals surface area contributed by atoms with E-state index in [4.69, 9.17) is 14.2 Å². The minimum Gasteiger partial charge on any atom is -0.459 e. The number of carbonyl (C=O) groups is 3. The van der Waals surface area contributed by atoms with E-state index in [1.807, 2.05) is 0 Å². The lowest BCUT2D eigenvalue weighted by molar-refractivity contribution is -0.160. The Bertz CT molecular complexity index is 616. The quantitative estimate of drug-likeness (QED) is 0.529. The molecule has 0 spiro atoms. The van der Waals surface area contributed by atoms with Crippen LogP contribution in [0.5, 0.6) is 0 Å². The van der Waals surface area contributed by atoms with E-state index in [0.29, 0.717) is 19.6 Å². The lowest BCUT2D eigenvalue weighted by atomic mass is 10.1. The molecule has 30 heavy (non-hydrogen) atoms. The predicted molar refractivity (Wildman–Crippen MR) is 113 cm³/mol. The van der Waals surface area contributed by atoms with Crippen molar-refractivity contribution < 1.29 is 28.6 Å². The molecule has 1 aliphatic rings. The zero-order valence-corrected chi connectivity index (χ0v) is 20.0. The van der Waals surface area contributed by atoms with Crippen LogP contribution in [0.1, 0.15) is 68.7 Å². The first-order valence-corrected chi connectivity index (χ1v) is 10.4. The molecule has 1 N–H and O–H groups in total. The molecule has 2 amide bonds. The van der Waals surface area contributed by atoms with Gasteiger partial charge in [-0.25, -0.2) is 19.6 Å². The third kappa shape index (κ3) is 10.7. The molecule has 174 valence electrons. The van der Waals surface area contributed by atoms with Crippen molar-refractivity contribution in [3.63, 3.8) is 0 Å². The number of esters is 1. The summed E-state index contributed by atoms with van der Waals surface area (Å²) in [6.07, 6.45) is -0.323. The number of alkyl carbamates (subject to hydrolysis) is 1. The Morgan fingerprint density at radius 1 is 0.900 bits per heavy atom. The van der Waals surface area contributed by atoms with Crippen molar-refractivity contribution in [2.45, 2.75) is 85.5 Å². The second-order valence-electron chi connectivity index (χ2n) is 10.6. The van der Waals surface area contributed by atoms with Crippen molar-refractivity contribution in [3.8, 4) is 0 Å². The first kappa shape index (κ1) is 26.0. The molecule has 0 bridgehead atoms. The maximum atomic E-state index is 12.7. The summed E-state index contributed by atoms with van der Waals surface area (Å²) in [7, 11) is 0. The Morgan fingerprint density at radius 2 is 1.43 bits per heavy atom. The van der Waals surface area contributed by atoms with Crippen LogP contribution in [0, 0.1) is 5.92 Å². The fraction of sp³-hybridized carbons (Fsp3) is 0.857. The Balaban J connectivity index is 2.74. The minimum atomic E-state index is -0.694. The molecule has 1 atom stereocenters. The second kappa shape index (κ2) is 9.85. The van der Waals surface area contributed by atoms with Crippen molar-refractivity contribution in [2.24, 2.45) is 5.92 Å². The van der Waals surface area contributed by atoms with Gasteiger partial charge in [-0.05, 0) is 74.7 Å². The van der Waals surface area contributed by atoms with Crippen molar-refractivity contribution >= 4 is 18.2 Å². The van der Waals surface area contributed by atoms with Gasteiger partial charge >= 0.3 is 18.2 Å². The zero-order chi connectivity index (χ0) is 23.3. The number of hydrazine groups is 1. The molecule has 9 nitrogen and oxygen atoms in total. The van der Waals surface area contributed by atoms with Gasteiger partial charge in [0.05, 0.1) is 0 Å². The average Bonchev–Trinajstić information content (AvgIpc) is 2.94. The Morgan fingerprint density at radius 3 is 1.93 bits per heavy atom. The second-order valence-corrected chi connectivity index (χ2v) is 10.6. The van der Waals surface area contributed by atoms with Gasteiger partial charge in [0.1, 0.15) is 23.3 Å². The molecule has 1 unspecified atom stereocenters. The highest BCUT2D eigenvalue weighted by atomic mass is 16.6. The minimum absolute atomic E-state index is 0.112. The number of carbonyl (C=O) groups excluding carboxylic acids is 3. The lowest BCUT2D eigenvalue weighted by Gasteiger charge is -2.33. The fourth-order valence-electron chi connectivity index (χ4n) is 2.83. The van der Waals surface area contributed by atoms with Crippen LogP contribution in [0.15, 0.2) is 0 Å². The molecule has 9 heteroatoms. The number of amides is 2. The summed E-state index contributed by atoms with van der Waals surface area (Å²) in [6, 6.07) is 0. The smallest absolute Gasteiger partial charge is 0.425 e. The van der Waals surface area contributed by atoms with E-state index in [9.17, 15) is 14.4 Å². The van der Waals surface area contributed by atoms with Gasteiger partial charge in [0.15, 0.2) is 0 Å². The molecule has 1 heterocycles. The van der Waals surface area contributed by atoms with Gasteiger partial charge in [0, 0.05) is 19.6 Å². The van der Waals surface area contributed by atoms with E-state index in [1.54, 1.807) is 67.3 Å². The first-order valence-electron chi connectivity index (χ1n) is 10.4. The van der Waals surface area contributed by atoms with Crippen LogP contribution in [-0.4, -0.2) is 71.2 Å². The molecular formula is C21H39N3O6. The van der Waals surface area contributed by atoms with Crippen LogP contribution >= 0.6 is 0 Å². The number of ether oxygens (including phenoxy) is 3. The summed E-state index contributed by atoms with van der Waals surface area (Å²) < 4.78 is 16.1. The van der Waals surface area contributed by atoms with Gasteiger partial charge in [0.2, 0.25) is 0 Å². The van der Waals surface area contributed by atoms with E-state index in [2.05, 4.69) is 5.32 Å². The number of hydrogen-bond donors (Lipinski definition) is 1. The molecule has 0 aromatic heterocycles. The number of nitrogens with one attached hydrogen (secondary N) is 1. The van der Waals surface area contributed by atoms with Gasteiger partial charge in [-0.15, -0.1) is 0 Å². The maximum Gasteiger partial charge on any atom is 0.425 e. The van der Waals surface area contributed by atoms with Crippen LogP contribution < -0.4 is 5.32 Å². The Kier molecular flexibility index (Phi) is 8.54. The molecule has 0 aromatic carbocycles. The third-order valence-corrected chi connectivity index (χ3v) is 3.84. The highest BCUT2D eigenvalue weighted by Gasteiger charge is 2.35. The van der Waals surface area contributed by atoms with Crippen LogP contribution in [0.4, 0.5) is 9.59 Å². The van der Waals surface area contributed by atoms with Crippen LogP contribution in [0.2, 0.25) is 0 Å². The summed E-state index contributed by atoms with van der Waals surface area (Å²) >= 11 is 0. The van der Waals surface area contributed by atoms with E-state index in [-0.39, 0.29) is 12.5 Å². The highest BCUT2D eigenvalue weighted by molar-refractivity contribution is 5.78. The zero-order valence-electron chi connectivity index (χ0n) is 20.0. The van der Waals surface area contributed by atoms with E-state index in [0.717, 1.165) is 6.42 Å². The normalized spacial score (nSPS) is 18.0. The molecule has 0 aliphatic carbocycles. The van der Waals surface area contributed by atoms with Crippen molar-refractivity contribution in [2.75, 3.05) is 26.2 Å². The molecule has 0 saturated carbocycles. The van der Waals surface area contributed by atoms with Crippen molar-refractivity contribution in [3.05, 3.63) is 0 Å². The monoisotopic (exact) mass is 429 g/mol. The van der Waals surface area contributed by atoms with Crippen LogP contribution in [-0.2, 0) is 19.0 Å². The molecule has 1 aliphatic heterocycles. The Labute approximate surface area is 180 Å². The summed E-state index contributed by atoms with van der Waals surface area (Å²) in [5.74, 6) is -0.398. The fourth-order valence-corrected chi connectivity index (χ4v) is 2.83. The average molecular weight is 430 g/mol. The molecular weight excluding hydrogens is 390 g/mol. The van der Waals surface area contributed by atoms with Gasteiger partial charge < -0.3 is 19.5 Å². The summed E-state index contributed by atoms with van der Waals surface area (Å²) in [6.45, 7) is 17.3. The van der Waals surface area contributed by atoms with Crippen LogP contribution in [0.3, 0.4) is 0 Å². The molecule has 0 aromatic rings. The van der Waals surface area contributed by atoms with Gasteiger partial charge in [-0.3, -0.25) is 4.79 Å². The van der Waals surface area contributed by atoms with E-state index in [1.165, 1.54) is 5.01 Å². The molecule has 1 saturated heterocycles. The highest BCUT2D eigenvalue weighted by Crippen LogP contribution is 2.21. The van der Waals surface area contributed by atoms with Crippen molar-refractivity contribution in [1.82, 2.24) is 15.3 Å². The molecule has 1 rings (SSSR count). The SMILES string of the molecule is CC(C)(C)OC(=O)CN(C(=O)OC(C)(C)C)N1CCC(CNC(=O)OC(C)(C)C)C1. The first-order chi connectivity index (χ1) is 13.5. The van der Waals surface area contributed by atoms with Gasteiger partial charge in [0.25, 0.3) is 0 Å². The molecule has 0 radical (unpaired) electrons. The van der Waals surface area contributed by atoms with E-state index >= 15 is 0 Å². The summed E-state index contributed by atoms with van der Waals surface area (Å²) in [5, 5.41) is 5.84. The maximum absolute atomic E-state index is 12.7.